The Morgan fingerprint density at radius 2 is 2.40 bits per heavy atom. The molecular weight excluding hydrogens is 153 g/mol. The van der Waals surface area contributed by atoms with Crippen molar-refractivity contribution in [2.75, 3.05) is 7.11 Å². The van der Waals surface area contributed by atoms with Crippen LogP contribution in [0.2, 0.25) is 0 Å². The summed E-state index contributed by atoms with van der Waals surface area (Å²) in [6.07, 6.45) is 0. The van der Waals surface area contributed by atoms with E-state index in [2.05, 4.69) is 4.37 Å². The average Bonchev–Trinajstić information content (AvgIpc) is 2.33. The molecule has 0 saturated heterocycles. The van der Waals surface area contributed by atoms with Crippen LogP contribution in [0.3, 0.4) is 0 Å². The van der Waals surface area contributed by atoms with E-state index >= 15 is 0 Å². The first-order valence-electron chi connectivity index (χ1n) is 2.60. The molecule has 0 aromatic carbocycles. The van der Waals surface area contributed by atoms with Crippen molar-refractivity contribution < 1.29 is 14.8 Å². The van der Waals surface area contributed by atoms with Gasteiger partial charge in [-0.05, 0) is 11.5 Å². The Balaban J connectivity index is 2.90. The summed E-state index contributed by atoms with van der Waals surface area (Å²) in [4.78, 5) is 0. The van der Waals surface area contributed by atoms with Crippen LogP contribution in [0, 0.1) is 0 Å². The molecular formula is C4H6BNO3S. The molecule has 6 heteroatoms. The molecule has 0 amide bonds. The molecule has 1 aromatic heterocycles. The van der Waals surface area contributed by atoms with Gasteiger partial charge in [0.2, 0.25) is 5.88 Å². The SMILES string of the molecule is COc1nscc1B(O)O. The molecule has 0 atom stereocenters. The van der Waals surface area contributed by atoms with E-state index in [0.29, 0.717) is 5.46 Å². The van der Waals surface area contributed by atoms with Crippen LogP contribution in [0.1, 0.15) is 0 Å². The molecule has 0 bridgehead atoms. The molecule has 2 N–H and O–H groups in total. The topological polar surface area (TPSA) is 62.6 Å². The molecule has 10 heavy (non-hydrogen) atoms. The highest BCUT2D eigenvalue weighted by molar-refractivity contribution is 7.05. The minimum atomic E-state index is -1.49. The van der Waals surface area contributed by atoms with Crippen molar-refractivity contribution in [1.82, 2.24) is 4.37 Å². The van der Waals surface area contributed by atoms with Crippen LogP contribution in [0.4, 0.5) is 0 Å². The highest BCUT2D eigenvalue weighted by atomic mass is 32.1. The highest BCUT2D eigenvalue weighted by Crippen LogP contribution is 2.05. The summed E-state index contributed by atoms with van der Waals surface area (Å²) in [5.41, 5.74) is 0.313. The lowest BCUT2D eigenvalue weighted by Crippen LogP contribution is -2.29. The van der Waals surface area contributed by atoms with Crippen molar-refractivity contribution in [2.45, 2.75) is 0 Å². The zero-order valence-electron chi connectivity index (χ0n) is 5.31. The van der Waals surface area contributed by atoms with Gasteiger partial charge in [-0.1, -0.05) is 0 Å². The van der Waals surface area contributed by atoms with Crippen LogP contribution in [-0.2, 0) is 0 Å². The van der Waals surface area contributed by atoms with Crippen LogP contribution < -0.4 is 10.2 Å². The molecule has 0 radical (unpaired) electrons. The van der Waals surface area contributed by atoms with Crippen molar-refractivity contribution in [3.8, 4) is 5.88 Å². The number of hydrogen-bond donors (Lipinski definition) is 2. The third kappa shape index (κ3) is 1.28. The van der Waals surface area contributed by atoms with Crippen molar-refractivity contribution >= 4 is 24.1 Å². The number of hydrogen-bond acceptors (Lipinski definition) is 5. The Labute approximate surface area is 62.4 Å². The highest BCUT2D eigenvalue weighted by Gasteiger charge is 2.18. The molecule has 0 aliphatic heterocycles. The van der Waals surface area contributed by atoms with Gasteiger partial charge in [0.1, 0.15) is 0 Å². The summed E-state index contributed by atoms with van der Waals surface area (Å²) in [5, 5.41) is 18.9. The average molecular weight is 159 g/mol. The fourth-order valence-corrected chi connectivity index (χ4v) is 1.23. The summed E-state index contributed by atoms with van der Waals surface area (Å²) >= 11 is 1.12. The molecule has 1 heterocycles. The number of nitrogens with zero attached hydrogens (tertiary/aromatic N) is 1. The van der Waals surface area contributed by atoms with Crippen molar-refractivity contribution in [1.29, 1.82) is 0 Å². The summed E-state index contributed by atoms with van der Waals surface area (Å²) < 4.78 is 8.48. The van der Waals surface area contributed by atoms with Gasteiger partial charge < -0.3 is 14.8 Å². The van der Waals surface area contributed by atoms with Gasteiger partial charge in [-0.15, -0.1) is 0 Å². The van der Waals surface area contributed by atoms with Gasteiger partial charge >= 0.3 is 7.12 Å². The number of rotatable bonds is 2. The van der Waals surface area contributed by atoms with Crippen LogP contribution in [0.25, 0.3) is 0 Å². The predicted octanol–water partition coefficient (Wildman–Crippen LogP) is -1.17. The van der Waals surface area contributed by atoms with E-state index in [0.717, 1.165) is 11.5 Å². The van der Waals surface area contributed by atoms with E-state index < -0.39 is 7.12 Å². The molecule has 0 spiro atoms. The summed E-state index contributed by atoms with van der Waals surface area (Å²) in [6.45, 7) is 0. The van der Waals surface area contributed by atoms with E-state index in [1.165, 1.54) is 12.5 Å². The van der Waals surface area contributed by atoms with Gasteiger partial charge in [0.25, 0.3) is 0 Å². The van der Waals surface area contributed by atoms with Gasteiger partial charge in [-0.3, -0.25) is 0 Å². The van der Waals surface area contributed by atoms with Gasteiger partial charge in [-0.2, -0.15) is 4.37 Å². The van der Waals surface area contributed by atoms with Crippen molar-refractivity contribution in [3.05, 3.63) is 5.38 Å². The van der Waals surface area contributed by atoms with E-state index in [9.17, 15) is 0 Å². The van der Waals surface area contributed by atoms with Crippen LogP contribution in [-0.4, -0.2) is 28.6 Å². The Morgan fingerprint density at radius 1 is 1.70 bits per heavy atom. The summed E-state index contributed by atoms with van der Waals surface area (Å²) in [7, 11) is -0.0605. The lowest BCUT2D eigenvalue weighted by Gasteiger charge is -1.96. The third-order valence-corrected chi connectivity index (χ3v) is 1.66. The quantitative estimate of drug-likeness (QED) is 0.533. The van der Waals surface area contributed by atoms with Crippen LogP contribution in [0.5, 0.6) is 5.88 Å². The molecule has 0 unspecified atom stereocenters. The van der Waals surface area contributed by atoms with E-state index in [1.54, 1.807) is 0 Å². The van der Waals surface area contributed by atoms with Gasteiger partial charge in [0.15, 0.2) is 0 Å². The Bertz CT molecular complexity index is 214. The lowest BCUT2D eigenvalue weighted by molar-refractivity contribution is 0.395. The minimum absolute atomic E-state index is 0.278. The standard InChI is InChI=1S/C4H6BNO3S/c1-9-4-3(5(7)8)2-10-6-4/h2,7-8H,1H3. The fraction of sp³-hybridized carbons (Fsp3) is 0.250. The molecule has 0 saturated carbocycles. The van der Waals surface area contributed by atoms with E-state index in [-0.39, 0.29) is 5.88 Å². The van der Waals surface area contributed by atoms with Gasteiger partial charge in [0.05, 0.1) is 12.6 Å². The first-order chi connectivity index (χ1) is 4.75. The maximum absolute atomic E-state index is 8.67. The second-order valence-electron chi connectivity index (χ2n) is 1.65. The third-order valence-electron chi connectivity index (χ3n) is 1.03. The summed E-state index contributed by atoms with van der Waals surface area (Å²) in [5.74, 6) is 0.278. The fourth-order valence-electron chi connectivity index (χ4n) is 0.561. The normalized spacial score (nSPS) is 9.50. The molecule has 0 aliphatic rings. The monoisotopic (exact) mass is 159 g/mol. The zero-order valence-corrected chi connectivity index (χ0v) is 6.13. The van der Waals surface area contributed by atoms with Gasteiger partial charge in [0, 0.05) is 5.38 Å². The maximum atomic E-state index is 8.67. The van der Waals surface area contributed by atoms with E-state index in [4.69, 9.17) is 14.8 Å². The lowest BCUT2D eigenvalue weighted by atomic mass is 9.83. The Morgan fingerprint density at radius 3 is 2.80 bits per heavy atom. The molecule has 0 fully saturated rings. The number of ether oxygens (including phenoxy) is 1. The molecule has 0 aliphatic carbocycles. The molecule has 54 valence electrons. The van der Waals surface area contributed by atoms with Crippen LogP contribution in [0.15, 0.2) is 5.38 Å². The largest absolute Gasteiger partial charge is 0.494 e. The zero-order chi connectivity index (χ0) is 7.56. The molecule has 1 aromatic rings. The predicted molar refractivity (Wildman–Crippen MR) is 38.5 cm³/mol. The maximum Gasteiger partial charge on any atom is 0.494 e. The van der Waals surface area contributed by atoms with Crippen molar-refractivity contribution in [3.63, 3.8) is 0 Å². The first kappa shape index (κ1) is 7.52. The Hall–Kier alpha value is -0.585. The number of methoxy groups -OCH3 is 1. The first-order valence-corrected chi connectivity index (χ1v) is 3.43. The van der Waals surface area contributed by atoms with E-state index in [1.807, 2.05) is 0 Å². The second-order valence-corrected chi connectivity index (χ2v) is 2.28. The van der Waals surface area contributed by atoms with Crippen LogP contribution >= 0.6 is 11.5 Å². The molecule has 1 rings (SSSR count). The van der Waals surface area contributed by atoms with Gasteiger partial charge in [-0.25, -0.2) is 0 Å². The van der Waals surface area contributed by atoms with Crippen molar-refractivity contribution in [2.24, 2.45) is 0 Å². The smallest absolute Gasteiger partial charge is 0.481 e. The minimum Gasteiger partial charge on any atom is -0.481 e. The summed E-state index contributed by atoms with van der Waals surface area (Å²) in [6, 6.07) is 0. The Kier molecular flexibility index (Phi) is 2.26. The number of aromatic nitrogens is 1. The molecule has 4 nitrogen and oxygen atoms in total. The second kappa shape index (κ2) is 3.00.